The number of hydrogen-bond donors (Lipinski definition) is 0. The summed E-state index contributed by atoms with van der Waals surface area (Å²) in [6.45, 7) is 5.19. The van der Waals surface area contributed by atoms with Gasteiger partial charge in [-0.15, -0.1) is 6.58 Å². The van der Waals surface area contributed by atoms with Crippen LogP contribution in [0.2, 0.25) is 0 Å². The van der Waals surface area contributed by atoms with E-state index in [2.05, 4.69) is 16.5 Å². The second-order valence-corrected chi connectivity index (χ2v) is 2.63. The average molecular weight is 162 g/mol. The van der Waals surface area contributed by atoms with Crippen molar-refractivity contribution in [2.75, 3.05) is 18.1 Å². The molecule has 1 aliphatic rings. The molecule has 0 spiro atoms. The van der Waals surface area contributed by atoms with E-state index in [1.54, 1.807) is 12.5 Å². The van der Waals surface area contributed by atoms with Gasteiger partial charge in [0.2, 0.25) is 0 Å². The Balaban J connectivity index is 2.31. The first-order valence-corrected chi connectivity index (χ1v) is 3.85. The zero-order chi connectivity index (χ0) is 8.39. The van der Waals surface area contributed by atoms with Gasteiger partial charge in [-0.3, -0.25) is 4.99 Å². The van der Waals surface area contributed by atoms with Crippen LogP contribution < -0.4 is 4.90 Å². The van der Waals surface area contributed by atoms with Gasteiger partial charge in [0, 0.05) is 12.6 Å². The standard InChI is InChI=1S/C9H10N2O/c1-2-4-11-7-10-6-9-8(11)3-5-12-9/h2-3,5-6H,1,4,7H2. The van der Waals surface area contributed by atoms with E-state index in [0.29, 0.717) is 6.67 Å². The molecule has 2 heterocycles. The molecule has 0 unspecified atom stereocenters. The van der Waals surface area contributed by atoms with Gasteiger partial charge in [0.15, 0.2) is 5.76 Å². The Morgan fingerprint density at radius 1 is 1.75 bits per heavy atom. The maximum Gasteiger partial charge on any atom is 0.167 e. The lowest BCUT2D eigenvalue weighted by Gasteiger charge is -2.22. The zero-order valence-electron chi connectivity index (χ0n) is 6.73. The van der Waals surface area contributed by atoms with Crippen LogP contribution in [0.4, 0.5) is 5.69 Å². The predicted octanol–water partition coefficient (Wildman–Crippen LogP) is 1.66. The molecule has 0 saturated heterocycles. The molecule has 0 aromatic carbocycles. The summed E-state index contributed by atoms with van der Waals surface area (Å²) in [7, 11) is 0. The Morgan fingerprint density at radius 3 is 3.50 bits per heavy atom. The fourth-order valence-electron chi connectivity index (χ4n) is 1.28. The van der Waals surface area contributed by atoms with Crippen molar-refractivity contribution in [2.24, 2.45) is 4.99 Å². The van der Waals surface area contributed by atoms with Gasteiger partial charge in [-0.05, 0) is 0 Å². The minimum atomic E-state index is 0.693. The molecule has 62 valence electrons. The van der Waals surface area contributed by atoms with Gasteiger partial charge < -0.3 is 9.32 Å². The minimum Gasteiger partial charge on any atom is -0.461 e. The highest BCUT2D eigenvalue weighted by molar-refractivity contribution is 5.86. The predicted molar refractivity (Wildman–Crippen MR) is 48.7 cm³/mol. The lowest BCUT2D eigenvalue weighted by Crippen LogP contribution is -2.26. The quantitative estimate of drug-likeness (QED) is 0.619. The highest BCUT2D eigenvalue weighted by Crippen LogP contribution is 2.22. The summed E-state index contributed by atoms with van der Waals surface area (Å²) in [6, 6.07) is 1.95. The number of rotatable bonds is 2. The summed E-state index contributed by atoms with van der Waals surface area (Å²) in [5, 5.41) is 0. The van der Waals surface area contributed by atoms with Crippen LogP contribution in [0.3, 0.4) is 0 Å². The number of nitrogens with zero attached hydrogens (tertiary/aromatic N) is 2. The van der Waals surface area contributed by atoms with Crippen LogP contribution in [0.5, 0.6) is 0 Å². The molecule has 0 N–H and O–H groups in total. The normalized spacial score (nSPS) is 14.5. The van der Waals surface area contributed by atoms with Crippen LogP contribution >= 0.6 is 0 Å². The van der Waals surface area contributed by atoms with E-state index in [9.17, 15) is 0 Å². The van der Waals surface area contributed by atoms with Crippen molar-refractivity contribution in [1.82, 2.24) is 0 Å². The zero-order valence-corrected chi connectivity index (χ0v) is 6.73. The molecule has 0 radical (unpaired) electrons. The fourth-order valence-corrected chi connectivity index (χ4v) is 1.28. The van der Waals surface area contributed by atoms with Crippen molar-refractivity contribution >= 4 is 11.9 Å². The highest BCUT2D eigenvalue weighted by atomic mass is 16.3. The van der Waals surface area contributed by atoms with Gasteiger partial charge >= 0.3 is 0 Å². The molecule has 0 saturated carbocycles. The first-order chi connectivity index (χ1) is 5.92. The second kappa shape index (κ2) is 2.85. The Labute approximate surface area is 71.0 Å². The van der Waals surface area contributed by atoms with Crippen LogP contribution in [-0.4, -0.2) is 19.4 Å². The van der Waals surface area contributed by atoms with Crippen molar-refractivity contribution in [3.8, 4) is 0 Å². The summed E-state index contributed by atoms with van der Waals surface area (Å²) in [4.78, 5) is 6.25. The van der Waals surface area contributed by atoms with Crippen molar-refractivity contribution in [3.63, 3.8) is 0 Å². The third-order valence-corrected chi connectivity index (χ3v) is 1.82. The Bertz CT molecular complexity index is 314. The van der Waals surface area contributed by atoms with Crippen molar-refractivity contribution < 1.29 is 4.42 Å². The minimum absolute atomic E-state index is 0.693. The Kier molecular flexibility index (Phi) is 1.70. The molecule has 2 rings (SSSR count). The summed E-state index contributed by atoms with van der Waals surface area (Å²) >= 11 is 0. The molecule has 1 aromatic heterocycles. The molecule has 3 heteroatoms. The van der Waals surface area contributed by atoms with E-state index in [1.807, 2.05) is 12.1 Å². The number of hydrogen-bond acceptors (Lipinski definition) is 3. The van der Waals surface area contributed by atoms with Gasteiger partial charge in [-0.25, -0.2) is 0 Å². The van der Waals surface area contributed by atoms with Crippen LogP contribution in [0.1, 0.15) is 5.76 Å². The molecule has 0 fully saturated rings. The summed E-state index contributed by atoms with van der Waals surface area (Å²) in [6.07, 6.45) is 5.30. The second-order valence-electron chi connectivity index (χ2n) is 2.63. The molecule has 0 bridgehead atoms. The summed E-state index contributed by atoms with van der Waals surface area (Å²) < 4.78 is 5.21. The van der Waals surface area contributed by atoms with Crippen LogP contribution in [0.15, 0.2) is 34.4 Å². The molecule has 12 heavy (non-hydrogen) atoms. The van der Waals surface area contributed by atoms with E-state index < -0.39 is 0 Å². The van der Waals surface area contributed by atoms with Gasteiger partial charge in [-0.2, -0.15) is 0 Å². The molecular formula is C9H10N2O. The van der Waals surface area contributed by atoms with E-state index in [4.69, 9.17) is 4.42 Å². The van der Waals surface area contributed by atoms with Gasteiger partial charge in [0.05, 0.1) is 18.2 Å². The van der Waals surface area contributed by atoms with E-state index >= 15 is 0 Å². The number of fused-ring (bicyclic) bond motifs is 1. The molecule has 1 aromatic rings. The van der Waals surface area contributed by atoms with E-state index in [0.717, 1.165) is 18.0 Å². The molecule has 1 aliphatic heterocycles. The van der Waals surface area contributed by atoms with Crippen LogP contribution in [0, 0.1) is 0 Å². The maximum absolute atomic E-state index is 5.21. The van der Waals surface area contributed by atoms with Gasteiger partial charge in [0.1, 0.15) is 6.67 Å². The third-order valence-electron chi connectivity index (χ3n) is 1.82. The van der Waals surface area contributed by atoms with E-state index in [1.165, 1.54) is 0 Å². The third kappa shape index (κ3) is 1.03. The van der Waals surface area contributed by atoms with Crippen molar-refractivity contribution in [2.45, 2.75) is 0 Å². The molecule has 0 aliphatic carbocycles. The first kappa shape index (κ1) is 7.16. The molecular weight excluding hydrogens is 152 g/mol. The molecule has 0 amide bonds. The van der Waals surface area contributed by atoms with Crippen LogP contribution in [-0.2, 0) is 0 Å². The molecule has 3 nitrogen and oxygen atoms in total. The highest BCUT2D eigenvalue weighted by Gasteiger charge is 2.14. The number of furan rings is 1. The lowest BCUT2D eigenvalue weighted by molar-refractivity contribution is 0.557. The fraction of sp³-hybridized carbons (Fsp3) is 0.222. The largest absolute Gasteiger partial charge is 0.461 e. The topological polar surface area (TPSA) is 28.7 Å². The summed E-state index contributed by atoms with van der Waals surface area (Å²) in [5.74, 6) is 0.836. The number of aliphatic imine (C=N–C) groups is 1. The van der Waals surface area contributed by atoms with E-state index in [-0.39, 0.29) is 0 Å². The Hall–Kier alpha value is -1.51. The monoisotopic (exact) mass is 162 g/mol. The lowest BCUT2D eigenvalue weighted by atomic mass is 10.3. The number of anilines is 1. The summed E-state index contributed by atoms with van der Waals surface area (Å²) in [5.41, 5.74) is 1.10. The van der Waals surface area contributed by atoms with Gasteiger partial charge in [0.25, 0.3) is 0 Å². The van der Waals surface area contributed by atoms with Gasteiger partial charge in [-0.1, -0.05) is 6.08 Å². The average Bonchev–Trinajstić information content (AvgIpc) is 2.53. The van der Waals surface area contributed by atoms with Crippen LogP contribution in [0.25, 0.3) is 0 Å². The molecule has 0 atom stereocenters. The maximum atomic E-state index is 5.21. The van der Waals surface area contributed by atoms with Crippen molar-refractivity contribution in [3.05, 3.63) is 30.7 Å². The smallest absolute Gasteiger partial charge is 0.167 e. The van der Waals surface area contributed by atoms with Crippen molar-refractivity contribution in [1.29, 1.82) is 0 Å². The first-order valence-electron chi connectivity index (χ1n) is 3.85. The Morgan fingerprint density at radius 2 is 2.67 bits per heavy atom. The SMILES string of the molecule is C=CCN1CN=Cc2occc21.